The van der Waals surface area contributed by atoms with Crippen LogP contribution in [0.25, 0.3) is 17.0 Å². The predicted molar refractivity (Wildman–Crippen MR) is 136 cm³/mol. The Hall–Kier alpha value is -2.90. The maximum absolute atomic E-state index is 12.6. The summed E-state index contributed by atoms with van der Waals surface area (Å²) in [6.07, 6.45) is 9.02. The van der Waals surface area contributed by atoms with Gasteiger partial charge in [0.05, 0.1) is 0 Å². The Balaban J connectivity index is 1.17. The van der Waals surface area contributed by atoms with E-state index in [1.165, 1.54) is 10.9 Å². The molecule has 3 aromatic rings. The minimum Gasteiger partial charge on any atom is -0.480 e. The number of amides is 1. The van der Waals surface area contributed by atoms with E-state index in [1.54, 1.807) is 17.4 Å². The average Bonchev–Trinajstić information content (AvgIpc) is 3.54. The van der Waals surface area contributed by atoms with Crippen LogP contribution in [0.15, 0.2) is 54.1 Å². The van der Waals surface area contributed by atoms with E-state index < -0.39 is 12.0 Å². The molecule has 1 amide bonds. The molecule has 1 unspecified atom stereocenters. The Bertz CT molecular complexity index is 1150. The molecule has 1 aromatic carbocycles. The molecule has 0 radical (unpaired) electrons. The van der Waals surface area contributed by atoms with Crippen LogP contribution >= 0.6 is 11.3 Å². The second kappa shape index (κ2) is 10.2. The van der Waals surface area contributed by atoms with Crippen molar-refractivity contribution in [3.63, 3.8) is 0 Å². The molecule has 7 heteroatoms. The Kier molecular flexibility index (Phi) is 6.83. The number of H-pyrrole nitrogens is 1. The van der Waals surface area contributed by atoms with E-state index in [1.807, 2.05) is 34.6 Å². The van der Waals surface area contributed by atoms with Gasteiger partial charge in [0.1, 0.15) is 6.04 Å². The van der Waals surface area contributed by atoms with Gasteiger partial charge < -0.3 is 15.0 Å². The number of aromatic nitrogens is 1. The molecule has 1 atom stereocenters. The van der Waals surface area contributed by atoms with Crippen LogP contribution in [-0.2, 0) is 9.59 Å². The number of para-hydroxylation sites is 1. The lowest BCUT2D eigenvalue weighted by atomic mass is 9.84. The van der Waals surface area contributed by atoms with Crippen LogP contribution < -0.4 is 0 Å². The van der Waals surface area contributed by atoms with Crippen LogP contribution in [0.5, 0.6) is 0 Å². The first-order chi connectivity index (χ1) is 16.6. The molecule has 2 aliphatic rings. The molecule has 2 aromatic heterocycles. The number of carboxylic acids is 1. The van der Waals surface area contributed by atoms with Crippen molar-refractivity contribution in [3.05, 3.63) is 64.5 Å². The minimum atomic E-state index is -0.729. The van der Waals surface area contributed by atoms with Crippen molar-refractivity contribution >= 4 is 40.2 Å². The summed E-state index contributed by atoms with van der Waals surface area (Å²) in [5.41, 5.74) is 2.51. The highest BCUT2D eigenvalue weighted by Crippen LogP contribution is 2.35. The maximum atomic E-state index is 12.6. The summed E-state index contributed by atoms with van der Waals surface area (Å²) in [5, 5.41) is 13.4. The zero-order valence-electron chi connectivity index (χ0n) is 19.2. The van der Waals surface area contributed by atoms with Gasteiger partial charge in [-0.3, -0.25) is 14.5 Å². The number of hydrogen-bond donors (Lipinski definition) is 2. The summed E-state index contributed by atoms with van der Waals surface area (Å²) >= 11 is 1.60. The van der Waals surface area contributed by atoms with E-state index in [2.05, 4.69) is 34.3 Å². The van der Waals surface area contributed by atoms with Crippen molar-refractivity contribution in [2.75, 3.05) is 26.2 Å². The van der Waals surface area contributed by atoms with Gasteiger partial charge in [-0.15, -0.1) is 11.3 Å². The van der Waals surface area contributed by atoms with Crippen molar-refractivity contribution in [2.45, 2.75) is 37.6 Å². The quantitative estimate of drug-likeness (QED) is 0.500. The fourth-order valence-corrected chi connectivity index (χ4v) is 6.27. The van der Waals surface area contributed by atoms with Crippen LogP contribution in [0.4, 0.5) is 0 Å². The lowest BCUT2D eigenvalue weighted by Crippen LogP contribution is -2.52. The highest BCUT2D eigenvalue weighted by atomic mass is 32.1. The lowest BCUT2D eigenvalue weighted by molar-refractivity contribution is -0.147. The SMILES string of the molecule is O=C(O)C(C1CCN(C(=O)/C=C/c2cccs2)CC1)N1CCC(c2c[nH]c3ccccc23)CC1. The first kappa shape index (κ1) is 22.9. The van der Waals surface area contributed by atoms with E-state index in [4.69, 9.17) is 0 Å². The van der Waals surface area contributed by atoms with Gasteiger partial charge in [0, 0.05) is 41.1 Å². The number of aromatic amines is 1. The summed E-state index contributed by atoms with van der Waals surface area (Å²) in [7, 11) is 0. The van der Waals surface area contributed by atoms with Crippen LogP contribution in [0, 0.1) is 5.92 Å². The van der Waals surface area contributed by atoms with E-state index >= 15 is 0 Å². The number of rotatable bonds is 6. The number of aliphatic carboxylic acids is 1. The molecule has 34 heavy (non-hydrogen) atoms. The van der Waals surface area contributed by atoms with E-state index in [0.717, 1.165) is 49.2 Å². The number of benzene rings is 1. The second-order valence-corrected chi connectivity index (χ2v) is 10.4. The number of carboxylic acid groups (broad SMARTS) is 1. The number of likely N-dealkylation sites (tertiary alicyclic amines) is 2. The topological polar surface area (TPSA) is 76.6 Å². The van der Waals surface area contributed by atoms with Crippen LogP contribution in [0.2, 0.25) is 0 Å². The monoisotopic (exact) mass is 477 g/mol. The summed E-state index contributed by atoms with van der Waals surface area (Å²) in [5.74, 6) is -0.185. The smallest absolute Gasteiger partial charge is 0.321 e. The number of nitrogens with one attached hydrogen (secondary N) is 1. The van der Waals surface area contributed by atoms with Gasteiger partial charge in [0.15, 0.2) is 0 Å². The maximum Gasteiger partial charge on any atom is 0.321 e. The second-order valence-electron chi connectivity index (χ2n) is 9.39. The normalized spacial score (nSPS) is 19.7. The fraction of sp³-hybridized carbons (Fsp3) is 0.407. The standard InChI is InChI=1S/C27H31N3O3S/c31-25(8-7-21-4-3-17-34-21)29-13-11-20(12-14-29)26(27(32)33)30-15-9-19(10-16-30)23-18-28-24-6-2-1-5-22(23)24/h1-8,17-20,26,28H,9-16H2,(H,32,33)/b8-7+. The molecule has 0 bridgehead atoms. The molecule has 2 N–H and O–H groups in total. The third-order valence-electron chi connectivity index (χ3n) is 7.47. The number of nitrogens with zero attached hydrogens (tertiary/aromatic N) is 2. The molecule has 2 fully saturated rings. The average molecular weight is 478 g/mol. The third kappa shape index (κ3) is 4.81. The molecule has 5 rings (SSSR count). The zero-order chi connectivity index (χ0) is 23.5. The molecule has 0 aliphatic carbocycles. The van der Waals surface area contributed by atoms with E-state index in [0.29, 0.717) is 19.0 Å². The number of fused-ring (bicyclic) bond motifs is 1. The lowest BCUT2D eigenvalue weighted by Gasteiger charge is -2.41. The molecule has 2 aliphatic heterocycles. The van der Waals surface area contributed by atoms with Crippen molar-refractivity contribution in [1.82, 2.24) is 14.8 Å². The molecule has 0 spiro atoms. The third-order valence-corrected chi connectivity index (χ3v) is 8.31. The Morgan fingerprint density at radius 3 is 2.50 bits per heavy atom. The Morgan fingerprint density at radius 2 is 1.79 bits per heavy atom. The van der Waals surface area contributed by atoms with Crippen LogP contribution in [-0.4, -0.2) is 64.0 Å². The van der Waals surface area contributed by atoms with Gasteiger partial charge in [0.25, 0.3) is 0 Å². The van der Waals surface area contributed by atoms with Crippen molar-refractivity contribution < 1.29 is 14.7 Å². The fourth-order valence-electron chi connectivity index (χ4n) is 5.66. The van der Waals surface area contributed by atoms with E-state index in [-0.39, 0.29) is 11.8 Å². The van der Waals surface area contributed by atoms with Gasteiger partial charge in [-0.2, -0.15) is 0 Å². The minimum absolute atomic E-state index is 0.0123. The van der Waals surface area contributed by atoms with Gasteiger partial charge >= 0.3 is 5.97 Å². The van der Waals surface area contributed by atoms with E-state index in [9.17, 15) is 14.7 Å². The highest BCUT2D eigenvalue weighted by Gasteiger charge is 2.38. The molecule has 6 nitrogen and oxygen atoms in total. The molecule has 178 valence electrons. The molecule has 0 saturated carbocycles. The van der Waals surface area contributed by atoms with Crippen molar-refractivity contribution in [2.24, 2.45) is 5.92 Å². The summed E-state index contributed by atoms with van der Waals surface area (Å²) in [6.45, 7) is 2.83. The summed E-state index contributed by atoms with van der Waals surface area (Å²) in [4.78, 5) is 33.3. The molecule has 4 heterocycles. The predicted octanol–water partition coefficient (Wildman–Crippen LogP) is 4.81. The van der Waals surface area contributed by atoms with Gasteiger partial charge in [0.2, 0.25) is 5.91 Å². The number of piperidine rings is 2. The van der Waals surface area contributed by atoms with Crippen LogP contribution in [0.3, 0.4) is 0 Å². The van der Waals surface area contributed by atoms with Gasteiger partial charge in [-0.05, 0) is 79.8 Å². The summed E-state index contributed by atoms with van der Waals surface area (Å²) < 4.78 is 0. The largest absolute Gasteiger partial charge is 0.480 e. The van der Waals surface area contributed by atoms with Gasteiger partial charge in [-0.1, -0.05) is 24.3 Å². The zero-order valence-corrected chi connectivity index (χ0v) is 20.0. The number of hydrogen-bond acceptors (Lipinski definition) is 4. The first-order valence-electron chi connectivity index (χ1n) is 12.1. The van der Waals surface area contributed by atoms with Crippen molar-refractivity contribution in [1.29, 1.82) is 0 Å². The Labute approximate surface area is 203 Å². The molecular weight excluding hydrogens is 446 g/mol. The number of thiophene rings is 1. The number of carbonyl (C=O) groups is 2. The number of carbonyl (C=O) groups excluding carboxylic acids is 1. The molecule has 2 saturated heterocycles. The van der Waals surface area contributed by atoms with Crippen LogP contribution in [0.1, 0.15) is 42.0 Å². The Morgan fingerprint density at radius 1 is 1.03 bits per heavy atom. The van der Waals surface area contributed by atoms with Crippen molar-refractivity contribution in [3.8, 4) is 0 Å². The molecular formula is C27H31N3O3S. The first-order valence-corrected chi connectivity index (χ1v) is 13.0. The summed E-state index contributed by atoms with van der Waals surface area (Å²) in [6, 6.07) is 11.9. The van der Waals surface area contributed by atoms with Gasteiger partial charge in [-0.25, -0.2) is 0 Å². The highest BCUT2D eigenvalue weighted by molar-refractivity contribution is 7.10.